The van der Waals surface area contributed by atoms with E-state index < -0.39 is 22.8 Å². The molecule has 0 radical (unpaired) electrons. The smallest absolute Gasteiger partial charge is 0.188 e. The maximum Gasteiger partial charge on any atom is 0.188 e. The molecule has 17 heavy (non-hydrogen) atoms. The molecular formula is C11H10Cl2NO3-. The third-order valence-corrected chi connectivity index (χ3v) is 2.56. The van der Waals surface area contributed by atoms with E-state index in [1.807, 2.05) is 11.4 Å². The van der Waals surface area contributed by atoms with Gasteiger partial charge in [-0.1, -0.05) is 53.5 Å². The Morgan fingerprint density at radius 3 is 2.29 bits per heavy atom. The summed E-state index contributed by atoms with van der Waals surface area (Å²) < 4.78 is 0. The van der Waals surface area contributed by atoms with Crippen LogP contribution in [0, 0.1) is 0 Å². The molecule has 1 N–H and O–H groups in total. The fourth-order valence-electron chi connectivity index (χ4n) is 1.37. The molecule has 1 rings (SSSR count). The zero-order valence-corrected chi connectivity index (χ0v) is 10.2. The molecule has 0 unspecified atom stereocenters. The molecule has 1 atom stereocenters. The van der Waals surface area contributed by atoms with E-state index >= 15 is 0 Å². The van der Waals surface area contributed by atoms with Crippen molar-refractivity contribution in [1.29, 1.82) is 0 Å². The molecule has 92 valence electrons. The van der Waals surface area contributed by atoms with Crippen molar-refractivity contribution in [2.24, 2.45) is 0 Å². The highest BCUT2D eigenvalue weighted by Gasteiger charge is 2.23. The maximum atomic E-state index is 11.6. The first kappa shape index (κ1) is 13.8. The van der Waals surface area contributed by atoms with Gasteiger partial charge in [0.15, 0.2) is 10.6 Å². The van der Waals surface area contributed by atoms with Crippen molar-refractivity contribution in [3.8, 4) is 0 Å². The van der Waals surface area contributed by atoms with Gasteiger partial charge in [0.05, 0.1) is 6.04 Å². The molecule has 0 aromatic heterocycles. The van der Waals surface area contributed by atoms with Crippen LogP contribution >= 0.6 is 23.2 Å². The molecule has 0 bridgehead atoms. The Morgan fingerprint density at radius 1 is 1.24 bits per heavy atom. The lowest BCUT2D eigenvalue weighted by Gasteiger charge is -2.19. The van der Waals surface area contributed by atoms with Gasteiger partial charge >= 0.3 is 0 Å². The van der Waals surface area contributed by atoms with Crippen molar-refractivity contribution in [3.63, 3.8) is 0 Å². The summed E-state index contributed by atoms with van der Waals surface area (Å²) in [6.45, 7) is 0. The third-order valence-electron chi connectivity index (χ3n) is 2.13. The fourth-order valence-corrected chi connectivity index (χ4v) is 1.67. The predicted molar refractivity (Wildman–Crippen MR) is 63.0 cm³/mol. The minimum Gasteiger partial charge on any atom is -0.530 e. The number of nitrogens with one attached hydrogen (secondary N) is 1. The fraction of sp³-hybridized carbons (Fsp3) is 0.273. The van der Waals surface area contributed by atoms with E-state index in [0.717, 1.165) is 5.56 Å². The number of Topliss-reactive ketones (excluding diaryl/α,β-unsaturated/α-hetero) is 1. The van der Waals surface area contributed by atoms with Crippen LogP contribution in [0.15, 0.2) is 30.3 Å². The van der Waals surface area contributed by atoms with Crippen LogP contribution < -0.4 is 10.4 Å². The minimum absolute atomic E-state index is 0.184. The molecule has 4 nitrogen and oxygen atoms in total. The quantitative estimate of drug-likeness (QED) is 0.812. The van der Waals surface area contributed by atoms with Crippen LogP contribution in [-0.2, 0) is 11.2 Å². The van der Waals surface area contributed by atoms with Gasteiger partial charge in [-0.2, -0.15) is 0 Å². The zero-order chi connectivity index (χ0) is 12.8. The first-order valence-corrected chi connectivity index (χ1v) is 5.71. The molecule has 0 saturated heterocycles. The lowest BCUT2D eigenvalue weighted by atomic mass is 10.0. The Morgan fingerprint density at radius 2 is 1.82 bits per heavy atom. The second kappa shape index (κ2) is 6.47. The van der Waals surface area contributed by atoms with E-state index in [4.69, 9.17) is 23.2 Å². The number of hydrogen-bond acceptors (Lipinski definition) is 3. The largest absolute Gasteiger partial charge is 0.530 e. The van der Waals surface area contributed by atoms with Gasteiger partial charge in [-0.15, -0.1) is 0 Å². The van der Waals surface area contributed by atoms with Crippen molar-refractivity contribution in [2.45, 2.75) is 17.3 Å². The van der Waals surface area contributed by atoms with Crippen LogP contribution in [0.1, 0.15) is 5.56 Å². The first-order chi connectivity index (χ1) is 8.00. The van der Waals surface area contributed by atoms with Crippen LogP contribution in [0.25, 0.3) is 0 Å². The summed E-state index contributed by atoms with van der Waals surface area (Å²) >= 11 is 10.9. The van der Waals surface area contributed by atoms with E-state index in [9.17, 15) is 14.7 Å². The number of ketones is 1. The second-order valence-corrected chi connectivity index (χ2v) is 4.47. The van der Waals surface area contributed by atoms with Gasteiger partial charge in [0.1, 0.15) is 6.09 Å². The predicted octanol–water partition coefficient (Wildman–Crippen LogP) is 0.903. The highest BCUT2D eigenvalue weighted by Crippen LogP contribution is 2.10. The average Bonchev–Trinajstić information content (AvgIpc) is 2.28. The number of amides is 1. The Labute approximate surface area is 109 Å². The molecule has 1 amide bonds. The van der Waals surface area contributed by atoms with Gasteiger partial charge in [-0.25, -0.2) is 0 Å². The van der Waals surface area contributed by atoms with Gasteiger partial charge < -0.3 is 15.2 Å². The third kappa shape index (κ3) is 4.63. The maximum absolute atomic E-state index is 11.6. The molecule has 6 heteroatoms. The summed E-state index contributed by atoms with van der Waals surface area (Å²) in [5.41, 5.74) is 0.800. The first-order valence-electron chi connectivity index (χ1n) is 4.84. The highest BCUT2D eigenvalue weighted by atomic mass is 35.5. The molecule has 0 saturated carbocycles. The summed E-state index contributed by atoms with van der Waals surface area (Å²) in [7, 11) is 0. The molecule has 0 heterocycles. The SMILES string of the molecule is O=C([O-])N[C@@H](Cc1ccccc1)C(=O)C(Cl)Cl. The van der Waals surface area contributed by atoms with E-state index in [2.05, 4.69) is 0 Å². The Kier molecular flexibility index (Phi) is 5.25. The van der Waals surface area contributed by atoms with Crippen LogP contribution in [0.2, 0.25) is 0 Å². The Balaban J connectivity index is 2.77. The van der Waals surface area contributed by atoms with Gasteiger partial charge in [-0.3, -0.25) is 4.79 Å². The van der Waals surface area contributed by atoms with Crippen molar-refractivity contribution in [2.75, 3.05) is 0 Å². The highest BCUT2D eigenvalue weighted by molar-refractivity contribution is 6.54. The number of alkyl halides is 2. The van der Waals surface area contributed by atoms with Crippen LogP contribution in [0.4, 0.5) is 4.79 Å². The van der Waals surface area contributed by atoms with Crippen LogP contribution in [0.5, 0.6) is 0 Å². The lowest BCUT2D eigenvalue weighted by Crippen LogP contribution is -2.49. The minimum atomic E-state index is -1.53. The van der Waals surface area contributed by atoms with Crippen molar-refractivity contribution in [1.82, 2.24) is 5.32 Å². The molecular weight excluding hydrogens is 265 g/mol. The van der Waals surface area contributed by atoms with E-state index in [0.29, 0.717) is 0 Å². The topological polar surface area (TPSA) is 69.2 Å². The summed E-state index contributed by atoms with van der Waals surface area (Å²) in [6, 6.07) is 7.94. The summed E-state index contributed by atoms with van der Waals surface area (Å²) in [4.78, 5) is 20.8. The molecule has 1 aromatic carbocycles. The Hall–Kier alpha value is -1.26. The monoisotopic (exact) mass is 274 g/mol. The molecule has 0 aliphatic carbocycles. The number of benzene rings is 1. The zero-order valence-electron chi connectivity index (χ0n) is 8.73. The Bertz CT molecular complexity index is 395. The number of carboxylic acid groups (broad SMARTS) is 1. The number of carbonyl (C=O) groups excluding carboxylic acids is 2. The summed E-state index contributed by atoms with van der Waals surface area (Å²) in [6.07, 6.45) is -1.35. The number of rotatable bonds is 5. The number of carbonyl (C=O) groups is 2. The average molecular weight is 275 g/mol. The number of hydrogen-bond donors (Lipinski definition) is 1. The molecule has 0 spiro atoms. The van der Waals surface area contributed by atoms with E-state index in [1.54, 1.807) is 24.3 Å². The van der Waals surface area contributed by atoms with E-state index in [1.165, 1.54) is 0 Å². The van der Waals surface area contributed by atoms with Crippen LogP contribution in [0.3, 0.4) is 0 Å². The molecule has 0 aliphatic rings. The summed E-state index contributed by atoms with van der Waals surface area (Å²) in [5, 5.41) is 12.5. The molecule has 1 aromatic rings. The van der Waals surface area contributed by atoms with Crippen LogP contribution in [-0.4, -0.2) is 22.8 Å². The number of halogens is 2. The van der Waals surface area contributed by atoms with Crippen molar-refractivity contribution >= 4 is 35.1 Å². The van der Waals surface area contributed by atoms with Gasteiger partial charge in [0.25, 0.3) is 0 Å². The van der Waals surface area contributed by atoms with Gasteiger partial charge in [0.2, 0.25) is 0 Å². The molecule has 0 fully saturated rings. The van der Waals surface area contributed by atoms with Gasteiger partial charge in [0, 0.05) is 0 Å². The second-order valence-electron chi connectivity index (χ2n) is 3.38. The van der Waals surface area contributed by atoms with Crippen molar-refractivity contribution < 1.29 is 14.7 Å². The van der Waals surface area contributed by atoms with Crippen molar-refractivity contribution in [3.05, 3.63) is 35.9 Å². The normalized spacial score (nSPS) is 12.2. The lowest BCUT2D eigenvalue weighted by molar-refractivity contribution is -0.251. The molecule has 0 aliphatic heterocycles. The summed E-state index contributed by atoms with van der Waals surface area (Å²) in [5.74, 6) is -0.596. The van der Waals surface area contributed by atoms with Gasteiger partial charge in [-0.05, 0) is 12.0 Å². The standard InChI is InChI=1S/C11H11Cl2NO3/c12-10(13)9(15)8(14-11(16)17)6-7-4-2-1-3-5-7/h1-5,8,10,14H,6H2,(H,16,17)/p-1/t8-/m0/s1. The van der Waals surface area contributed by atoms with E-state index in [-0.39, 0.29) is 6.42 Å².